The van der Waals surface area contributed by atoms with E-state index in [0.717, 1.165) is 27.6 Å². The van der Waals surface area contributed by atoms with Crippen molar-refractivity contribution < 1.29 is 14.3 Å². The predicted molar refractivity (Wildman–Crippen MR) is 117 cm³/mol. The van der Waals surface area contributed by atoms with Gasteiger partial charge in [0.25, 0.3) is 5.91 Å². The topological polar surface area (TPSA) is 103 Å². The summed E-state index contributed by atoms with van der Waals surface area (Å²) < 4.78 is 10.4. The number of hydrogen-bond donors (Lipinski definition) is 0. The molecule has 160 valence electrons. The van der Waals surface area contributed by atoms with E-state index in [1.807, 2.05) is 24.3 Å². The van der Waals surface area contributed by atoms with E-state index in [4.69, 9.17) is 9.47 Å². The first-order chi connectivity index (χ1) is 15.7. The largest absolute Gasteiger partial charge is 0.467 e. The van der Waals surface area contributed by atoms with E-state index in [-0.39, 0.29) is 5.91 Å². The van der Waals surface area contributed by atoms with Crippen molar-refractivity contribution in [2.45, 2.75) is 0 Å². The van der Waals surface area contributed by atoms with Crippen molar-refractivity contribution in [3.8, 4) is 28.4 Å². The van der Waals surface area contributed by atoms with Gasteiger partial charge in [0.1, 0.15) is 6.33 Å². The number of methoxy groups -OCH3 is 1. The Hall–Kier alpha value is -3.98. The molecule has 1 aromatic carbocycles. The van der Waals surface area contributed by atoms with Crippen LogP contribution < -0.4 is 4.74 Å². The molecule has 4 aromatic rings. The molecular formula is C23H20N6O3. The molecule has 1 amide bonds. The Morgan fingerprint density at radius 2 is 1.75 bits per heavy atom. The number of rotatable bonds is 4. The van der Waals surface area contributed by atoms with Crippen LogP contribution in [-0.4, -0.2) is 69.1 Å². The maximum atomic E-state index is 12.9. The summed E-state index contributed by atoms with van der Waals surface area (Å²) in [5.41, 5.74) is 4.53. The molecular weight excluding hydrogens is 408 g/mol. The van der Waals surface area contributed by atoms with Gasteiger partial charge in [0.15, 0.2) is 0 Å². The number of benzene rings is 1. The van der Waals surface area contributed by atoms with Crippen LogP contribution in [0.15, 0.2) is 55.4 Å². The molecule has 32 heavy (non-hydrogen) atoms. The third-order valence-corrected chi connectivity index (χ3v) is 5.34. The van der Waals surface area contributed by atoms with Crippen LogP contribution in [0.2, 0.25) is 0 Å². The van der Waals surface area contributed by atoms with E-state index >= 15 is 0 Å². The Balaban J connectivity index is 1.54. The van der Waals surface area contributed by atoms with Crippen molar-refractivity contribution in [3.63, 3.8) is 0 Å². The van der Waals surface area contributed by atoms with E-state index in [2.05, 4.69) is 24.9 Å². The molecule has 0 atom stereocenters. The molecule has 0 aliphatic carbocycles. The summed E-state index contributed by atoms with van der Waals surface area (Å²) in [6.45, 7) is 2.25. The lowest BCUT2D eigenvalue weighted by Crippen LogP contribution is -2.40. The summed E-state index contributed by atoms with van der Waals surface area (Å²) in [5.74, 6) is -0.0583. The molecule has 9 heteroatoms. The van der Waals surface area contributed by atoms with Crippen molar-refractivity contribution in [3.05, 3.63) is 60.9 Å². The van der Waals surface area contributed by atoms with Crippen LogP contribution in [0.1, 0.15) is 10.4 Å². The minimum Gasteiger partial charge on any atom is -0.467 e. The maximum Gasteiger partial charge on any atom is 0.316 e. The molecule has 0 unspecified atom stereocenters. The normalized spacial score (nSPS) is 13.8. The van der Waals surface area contributed by atoms with Gasteiger partial charge in [-0.15, -0.1) is 0 Å². The lowest BCUT2D eigenvalue weighted by atomic mass is 10.0. The van der Waals surface area contributed by atoms with Gasteiger partial charge < -0.3 is 14.4 Å². The van der Waals surface area contributed by atoms with E-state index in [1.54, 1.807) is 29.7 Å². The van der Waals surface area contributed by atoms with Crippen LogP contribution in [0.25, 0.3) is 33.3 Å². The number of nitrogens with zero attached hydrogens (tertiary/aromatic N) is 6. The van der Waals surface area contributed by atoms with Crippen LogP contribution in [0, 0.1) is 0 Å². The van der Waals surface area contributed by atoms with Crippen LogP contribution in [-0.2, 0) is 4.74 Å². The van der Waals surface area contributed by atoms with Crippen molar-refractivity contribution in [1.82, 2.24) is 29.8 Å². The first-order valence-electron chi connectivity index (χ1n) is 10.2. The highest BCUT2D eigenvalue weighted by Crippen LogP contribution is 2.30. The molecule has 5 rings (SSSR count). The highest BCUT2D eigenvalue weighted by molar-refractivity contribution is 5.98. The molecule has 0 spiro atoms. The molecule has 1 saturated heterocycles. The number of amides is 1. The third-order valence-electron chi connectivity index (χ3n) is 5.34. The first kappa shape index (κ1) is 20.0. The Bertz CT molecular complexity index is 1270. The highest BCUT2D eigenvalue weighted by atomic mass is 16.5. The summed E-state index contributed by atoms with van der Waals surface area (Å²) in [6.07, 6.45) is 8.23. The Morgan fingerprint density at radius 3 is 2.53 bits per heavy atom. The molecule has 0 radical (unpaired) electrons. The van der Waals surface area contributed by atoms with Crippen LogP contribution >= 0.6 is 0 Å². The van der Waals surface area contributed by atoms with Gasteiger partial charge in [-0.1, -0.05) is 6.07 Å². The van der Waals surface area contributed by atoms with Gasteiger partial charge in [0.05, 0.1) is 37.1 Å². The number of ether oxygens (including phenoxy) is 2. The fourth-order valence-corrected chi connectivity index (χ4v) is 3.67. The number of hydrogen-bond acceptors (Lipinski definition) is 8. The van der Waals surface area contributed by atoms with Crippen molar-refractivity contribution in [2.24, 2.45) is 0 Å². The zero-order valence-corrected chi connectivity index (χ0v) is 17.4. The smallest absolute Gasteiger partial charge is 0.316 e. The molecule has 1 aliphatic heterocycles. The molecule has 0 saturated carbocycles. The second-order valence-electron chi connectivity index (χ2n) is 7.28. The summed E-state index contributed by atoms with van der Waals surface area (Å²) in [5, 5.41) is 0.846. The zero-order valence-electron chi connectivity index (χ0n) is 17.4. The summed E-state index contributed by atoms with van der Waals surface area (Å²) >= 11 is 0. The number of carbonyl (C=O) groups is 1. The highest BCUT2D eigenvalue weighted by Gasteiger charge is 2.20. The molecule has 0 bridgehead atoms. The van der Waals surface area contributed by atoms with Gasteiger partial charge in [-0.05, 0) is 23.8 Å². The van der Waals surface area contributed by atoms with Crippen LogP contribution in [0.5, 0.6) is 6.01 Å². The van der Waals surface area contributed by atoms with Gasteiger partial charge in [-0.25, -0.2) is 19.9 Å². The number of aromatic nitrogens is 5. The third kappa shape index (κ3) is 3.85. The zero-order chi connectivity index (χ0) is 21.9. The van der Waals surface area contributed by atoms with Crippen molar-refractivity contribution in [2.75, 3.05) is 33.4 Å². The van der Waals surface area contributed by atoms with Crippen molar-refractivity contribution >= 4 is 16.8 Å². The Morgan fingerprint density at radius 1 is 0.938 bits per heavy atom. The Kier molecular flexibility index (Phi) is 5.39. The summed E-state index contributed by atoms with van der Waals surface area (Å²) in [6, 6.07) is 8.02. The lowest BCUT2D eigenvalue weighted by Gasteiger charge is -2.26. The minimum atomic E-state index is -0.0583. The molecule has 3 aromatic heterocycles. The number of fused-ring (bicyclic) bond motifs is 1. The number of morpholine rings is 1. The van der Waals surface area contributed by atoms with E-state index in [0.29, 0.717) is 43.6 Å². The molecule has 1 fully saturated rings. The van der Waals surface area contributed by atoms with Gasteiger partial charge in [0.2, 0.25) is 0 Å². The first-order valence-corrected chi connectivity index (χ1v) is 10.2. The number of carbonyl (C=O) groups excluding carboxylic acids is 1. The number of pyridine rings is 1. The summed E-state index contributed by atoms with van der Waals surface area (Å²) in [7, 11) is 1.53. The quantitative estimate of drug-likeness (QED) is 0.489. The second-order valence-corrected chi connectivity index (χ2v) is 7.28. The second kappa shape index (κ2) is 8.64. The van der Waals surface area contributed by atoms with Gasteiger partial charge >= 0.3 is 6.01 Å². The average Bonchev–Trinajstić information content (AvgIpc) is 2.88. The fraction of sp³-hybridized carbons (Fsp3) is 0.217. The lowest BCUT2D eigenvalue weighted by molar-refractivity contribution is 0.0302. The monoisotopic (exact) mass is 428 g/mol. The average molecular weight is 428 g/mol. The van der Waals surface area contributed by atoms with Crippen LogP contribution in [0.3, 0.4) is 0 Å². The predicted octanol–water partition coefficient (Wildman–Crippen LogP) is 2.63. The molecule has 1 aliphatic rings. The standard InChI is InChI=1S/C23H20N6O3/c1-31-23-25-12-18(13-26-23)15-2-3-20-19(9-15)21(28-14-27-20)16-8-17(11-24-10-16)22(30)29-4-6-32-7-5-29/h2-3,8-14H,4-7H2,1H3. The van der Waals surface area contributed by atoms with Gasteiger partial charge in [-0.2, -0.15) is 0 Å². The van der Waals surface area contributed by atoms with Crippen molar-refractivity contribution in [1.29, 1.82) is 0 Å². The van der Waals surface area contributed by atoms with Crippen LogP contribution in [0.4, 0.5) is 0 Å². The van der Waals surface area contributed by atoms with Gasteiger partial charge in [0, 0.05) is 54.4 Å². The van der Waals surface area contributed by atoms with E-state index in [1.165, 1.54) is 13.4 Å². The summed E-state index contributed by atoms with van der Waals surface area (Å²) in [4.78, 5) is 36.3. The fourth-order valence-electron chi connectivity index (χ4n) is 3.67. The Labute approximate surface area is 184 Å². The SMILES string of the molecule is COc1ncc(-c2ccc3ncnc(-c4cncc(C(=O)N5CCOCC5)c4)c3c2)cn1. The van der Waals surface area contributed by atoms with E-state index in [9.17, 15) is 4.79 Å². The van der Waals surface area contributed by atoms with Gasteiger partial charge in [-0.3, -0.25) is 9.78 Å². The minimum absolute atomic E-state index is 0.0583. The van der Waals surface area contributed by atoms with E-state index < -0.39 is 0 Å². The maximum absolute atomic E-state index is 12.9. The molecule has 0 N–H and O–H groups in total. The molecule has 9 nitrogen and oxygen atoms in total. The molecule has 4 heterocycles.